The van der Waals surface area contributed by atoms with Crippen LogP contribution in [0.4, 0.5) is 21.6 Å². The first-order valence-corrected chi connectivity index (χ1v) is 11.2. The molecular weight excluding hydrogens is 460 g/mol. The highest BCUT2D eigenvalue weighted by molar-refractivity contribution is 7.13. The summed E-state index contributed by atoms with van der Waals surface area (Å²) in [4.78, 5) is 7.92. The predicted octanol–water partition coefficient (Wildman–Crippen LogP) is 7.39. The summed E-state index contributed by atoms with van der Waals surface area (Å²) in [6.45, 7) is 0. The van der Waals surface area contributed by atoms with E-state index in [1.54, 1.807) is 23.8 Å². The van der Waals surface area contributed by atoms with Crippen LogP contribution in [0.5, 0.6) is 17.2 Å². The average molecular weight is 477 g/mol. The molecule has 2 heterocycles. The molecule has 9 nitrogen and oxygen atoms in total. The third-order valence-corrected chi connectivity index (χ3v) is 5.47. The highest BCUT2D eigenvalue weighted by atomic mass is 32.1. The number of rotatable bonds is 4. The summed E-state index contributed by atoms with van der Waals surface area (Å²) in [5, 5.41) is 50.6. The van der Waals surface area contributed by atoms with Crippen LogP contribution >= 0.6 is 22.7 Å². The molecule has 0 fully saturated rings. The van der Waals surface area contributed by atoms with E-state index < -0.39 is 0 Å². The van der Waals surface area contributed by atoms with Crippen LogP contribution in [0.15, 0.2) is 98.2 Å². The number of phenolic OH excluding ortho intramolecular Hbond substituents is 3. The van der Waals surface area contributed by atoms with Crippen molar-refractivity contribution in [2.75, 3.05) is 0 Å². The summed E-state index contributed by atoms with van der Waals surface area (Å²) >= 11 is 2.75. The number of thiazole rings is 2. The Morgan fingerprint density at radius 1 is 0.667 bits per heavy atom. The topological polar surface area (TPSA) is 136 Å². The van der Waals surface area contributed by atoms with Crippen LogP contribution in [0.2, 0.25) is 0 Å². The Balaban J connectivity index is 0.000000160. The van der Waals surface area contributed by atoms with Gasteiger partial charge in [-0.3, -0.25) is 0 Å². The first-order valence-electron chi connectivity index (χ1n) is 9.45. The van der Waals surface area contributed by atoms with E-state index in [9.17, 15) is 10.2 Å². The molecule has 3 N–H and O–H groups in total. The van der Waals surface area contributed by atoms with Crippen LogP contribution in [0.1, 0.15) is 0 Å². The fraction of sp³-hybridized carbons (Fsp3) is 0. The van der Waals surface area contributed by atoms with Gasteiger partial charge in [0.05, 0.1) is 0 Å². The normalized spacial score (nSPS) is 11.2. The van der Waals surface area contributed by atoms with Gasteiger partial charge in [0.2, 0.25) is 10.3 Å². The minimum absolute atomic E-state index is 0.0132. The molecular formula is C22H16N6O3S2. The molecule has 0 saturated carbocycles. The second-order valence-corrected chi connectivity index (χ2v) is 8.10. The SMILES string of the molecule is Oc1ccc(/N=N/c2nccs2)c(O)c1.Oc1ccc2ccccc2c1/N=N/c1nccs1. The maximum atomic E-state index is 9.87. The van der Waals surface area contributed by atoms with Gasteiger partial charge in [-0.25, -0.2) is 9.97 Å². The van der Waals surface area contributed by atoms with E-state index in [1.165, 1.54) is 40.9 Å². The van der Waals surface area contributed by atoms with Crippen molar-refractivity contribution in [1.29, 1.82) is 0 Å². The maximum Gasteiger partial charge on any atom is 0.229 e. The second kappa shape index (κ2) is 10.4. The van der Waals surface area contributed by atoms with E-state index in [4.69, 9.17) is 5.11 Å². The number of hydrogen-bond acceptors (Lipinski definition) is 11. The minimum atomic E-state index is -0.115. The summed E-state index contributed by atoms with van der Waals surface area (Å²) in [5.74, 6) is -0.00925. The zero-order chi connectivity index (χ0) is 23.0. The fourth-order valence-electron chi connectivity index (χ4n) is 2.67. The lowest BCUT2D eigenvalue weighted by Crippen LogP contribution is -1.74. The molecule has 0 spiro atoms. The largest absolute Gasteiger partial charge is 0.508 e. The van der Waals surface area contributed by atoms with Crippen LogP contribution in [-0.2, 0) is 0 Å². The van der Waals surface area contributed by atoms with E-state index in [0.717, 1.165) is 10.8 Å². The van der Waals surface area contributed by atoms with Gasteiger partial charge in [0.15, 0.2) is 0 Å². The molecule has 164 valence electrons. The Hall–Kier alpha value is -4.22. The Kier molecular flexibility index (Phi) is 6.93. The van der Waals surface area contributed by atoms with Crippen molar-refractivity contribution < 1.29 is 15.3 Å². The Labute approximate surface area is 195 Å². The average Bonchev–Trinajstić information content (AvgIpc) is 3.53. The lowest BCUT2D eigenvalue weighted by Gasteiger charge is -2.02. The lowest BCUT2D eigenvalue weighted by molar-refractivity contribution is 0.451. The molecule has 0 saturated heterocycles. The molecule has 0 aliphatic heterocycles. The summed E-state index contributed by atoms with van der Waals surface area (Å²) in [6, 6.07) is 15.3. The first-order chi connectivity index (χ1) is 16.1. The molecule has 2 aromatic heterocycles. The van der Waals surface area contributed by atoms with Crippen molar-refractivity contribution in [3.63, 3.8) is 0 Å². The van der Waals surface area contributed by atoms with Crippen molar-refractivity contribution in [1.82, 2.24) is 9.97 Å². The van der Waals surface area contributed by atoms with Crippen LogP contribution < -0.4 is 0 Å². The van der Waals surface area contributed by atoms with Crippen LogP contribution in [0.25, 0.3) is 10.8 Å². The molecule has 11 heteroatoms. The molecule has 0 atom stereocenters. The van der Waals surface area contributed by atoms with Crippen molar-refractivity contribution in [3.05, 3.63) is 77.8 Å². The van der Waals surface area contributed by atoms with E-state index >= 15 is 0 Å². The van der Waals surface area contributed by atoms with Crippen molar-refractivity contribution in [2.45, 2.75) is 0 Å². The van der Waals surface area contributed by atoms with Gasteiger partial charge in [0.1, 0.15) is 28.6 Å². The lowest BCUT2D eigenvalue weighted by atomic mass is 10.1. The number of benzene rings is 3. The van der Waals surface area contributed by atoms with Crippen LogP contribution in [0.3, 0.4) is 0 Å². The minimum Gasteiger partial charge on any atom is -0.508 e. The molecule has 5 aromatic rings. The highest BCUT2D eigenvalue weighted by Gasteiger charge is 2.06. The number of hydrogen-bond donors (Lipinski definition) is 3. The van der Waals surface area contributed by atoms with Crippen molar-refractivity contribution in [3.8, 4) is 17.2 Å². The molecule has 0 radical (unpaired) electrons. The monoisotopic (exact) mass is 476 g/mol. The number of nitrogens with zero attached hydrogens (tertiary/aromatic N) is 6. The third-order valence-electron chi connectivity index (χ3n) is 4.16. The predicted molar refractivity (Wildman–Crippen MR) is 128 cm³/mol. The summed E-state index contributed by atoms with van der Waals surface area (Å²) < 4.78 is 0. The first kappa shape index (κ1) is 22.0. The number of aromatic hydroxyl groups is 3. The van der Waals surface area contributed by atoms with Gasteiger partial charge in [0, 0.05) is 34.6 Å². The number of phenols is 3. The molecule has 0 aliphatic rings. The zero-order valence-corrected chi connectivity index (χ0v) is 18.5. The van der Waals surface area contributed by atoms with Gasteiger partial charge in [-0.15, -0.1) is 43.1 Å². The van der Waals surface area contributed by atoms with Gasteiger partial charge in [0.25, 0.3) is 0 Å². The van der Waals surface area contributed by atoms with Crippen molar-refractivity contribution >= 4 is 55.1 Å². The Morgan fingerprint density at radius 2 is 1.36 bits per heavy atom. The van der Waals surface area contributed by atoms with Gasteiger partial charge in [-0.05, 0) is 23.6 Å². The number of aromatic nitrogens is 2. The number of fused-ring (bicyclic) bond motifs is 1. The molecule has 33 heavy (non-hydrogen) atoms. The standard InChI is InChI=1S/C13H9N3OS.C9H7N3O2S/c17-11-6-5-9-3-1-2-4-10(9)12(11)15-16-13-14-7-8-18-13;13-6-1-2-7(8(14)5-6)11-12-9-10-3-4-15-9/h1-8,17H;1-5,13-14H/b16-15+;12-11+. The summed E-state index contributed by atoms with van der Waals surface area (Å²) in [5.41, 5.74) is 0.770. The molecule has 5 rings (SSSR count). The Morgan fingerprint density at radius 3 is 2.03 bits per heavy atom. The maximum absolute atomic E-state index is 9.87. The van der Waals surface area contributed by atoms with E-state index in [0.29, 0.717) is 21.6 Å². The van der Waals surface area contributed by atoms with E-state index in [-0.39, 0.29) is 17.2 Å². The van der Waals surface area contributed by atoms with Gasteiger partial charge in [-0.1, -0.05) is 30.3 Å². The van der Waals surface area contributed by atoms with Crippen LogP contribution in [-0.4, -0.2) is 25.3 Å². The molecule has 0 amide bonds. The van der Waals surface area contributed by atoms with Gasteiger partial charge < -0.3 is 15.3 Å². The summed E-state index contributed by atoms with van der Waals surface area (Å²) in [7, 11) is 0. The molecule has 3 aromatic carbocycles. The zero-order valence-electron chi connectivity index (χ0n) is 16.8. The third kappa shape index (κ3) is 5.73. The fourth-order valence-corrected chi connectivity index (χ4v) is 3.57. The van der Waals surface area contributed by atoms with E-state index in [2.05, 4.69) is 30.4 Å². The molecule has 0 unspecified atom stereocenters. The Bertz CT molecular complexity index is 1400. The van der Waals surface area contributed by atoms with Gasteiger partial charge >= 0.3 is 0 Å². The second-order valence-electron chi connectivity index (χ2n) is 6.36. The van der Waals surface area contributed by atoms with Crippen molar-refractivity contribution in [2.24, 2.45) is 20.5 Å². The molecule has 0 bridgehead atoms. The smallest absolute Gasteiger partial charge is 0.229 e. The van der Waals surface area contributed by atoms with E-state index in [1.807, 2.05) is 35.7 Å². The van der Waals surface area contributed by atoms with Crippen LogP contribution in [0, 0.1) is 0 Å². The number of azo groups is 2. The quantitative estimate of drug-likeness (QED) is 0.232. The molecule has 0 aliphatic carbocycles. The highest BCUT2D eigenvalue weighted by Crippen LogP contribution is 2.36. The van der Waals surface area contributed by atoms with Gasteiger partial charge in [-0.2, -0.15) is 0 Å². The summed E-state index contributed by atoms with van der Waals surface area (Å²) in [6.07, 6.45) is 3.29.